The van der Waals surface area contributed by atoms with Crippen LogP contribution in [0.1, 0.15) is 272 Å². The van der Waals surface area contributed by atoms with E-state index in [1.807, 2.05) is 0 Å². The van der Waals surface area contributed by atoms with Crippen molar-refractivity contribution in [1.82, 2.24) is 0 Å². The summed E-state index contributed by atoms with van der Waals surface area (Å²) in [6.45, 7) is 9.27. The van der Waals surface area contributed by atoms with Crippen molar-refractivity contribution in [3.05, 3.63) is 0 Å². The Hall–Kier alpha value is 0.719. The third kappa shape index (κ3) is 38.3. The molecule has 0 fully saturated rings. The predicted octanol–water partition coefficient (Wildman–Crippen LogP) is 17.4. The molecule has 49 heavy (non-hydrogen) atoms. The zero-order valence-electron chi connectivity index (χ0n) is 35.3. The number of hydrogen-bond acceptors (Lipinski definition) is 2. The third-order valence-corrected chi connectivity index (χ3v) is 16.1. The van der Waals surface area contributed by atoms with Gasteiger partial charge >= 0.3 is 292 Å². The molecule has 0 aromatic rings. The van der Waals surface area contributed by atoms with Gasteiger partial charge in [-0.1, -0.05) is 26.7 Å². The molecule has 0 heterocycles. The topological polar surface area (TPSA) is 18.5 Å². The van der Waals surface area contributed by atoms with E-state index in [1.165, 1.54) is 244 Å². The Morgan fingerprint density at radius 2 is 0.429 bits per heavy atom. The standard InChI is InChI=1S/2C22H45O.2CH3.Sn/c2*1-3-5-7-9-11-12-13-15-17-19-21-22(23)20-18-16-14-10-8-6-4-2;;;/h2*22H,3-21H2,1-2H3;2*1H3;/q2*-1;;;+2. The molecule has 0 amide bonds. The number of unbranched alkanes of at least 4 members (excludes halogenated alkanes) is 30. The molecule has 0 rings (SSSR count). The minimum Gasteiger partial charge on any atom is -0.0654 e. The van der Waals surface area contributed by atoms with Crippen LogP contribution >= 0.6 is 0 Å². The van der Waals surface area contributed by atoms with Crippen LogP contribution in [0.5, 0.6) is 0 Å². The van der Waals surface area contributed by atoms with E-state index in [4.69, 9.17) is 6.15 Å². The molecule has 0 bridgehead atoms. The maximum atomic E-state index is 7.16. The van der Waals surface area contributed by atoms with Crippen molar-refractivity contribution >= 4 is 19.2 Å². The van der Waals surface area contributed by atoms with E-state index in [-0.39, 0.29) is 0 Å². The SMILES string of the molecule is CCCCCCCCCCCCC(CCCCCCCCC)[O][Sn]([CH3])([CH3])[O]C(CCCCCCCCC)CCCCCCCCCCCC. The third-order valence-electron chi connectivity index (χ3n) is 10.9. The van der Waals surface area contributed by atoms with Crippen molar-refractivity contribution in [1.29, 1.82) is 0 Å². The van der Waals surface area contributed by atoms with E-state index in [0.29, 0.717) is 12.2 Å². The minimum absolute atomic E-state index is 0.437. The Morgan fingerprint density at radius 1 is 0.265 bits per heavy atom. The summed E-state index contributed by atoms with van der Waals surface area (Å²) in [4.78, 5) is 4.89. The first kappa shape index (κ1) is 49.7. The average molecular weight is 800 g/mol. The van der Waals surface area contributed by atoms with Crippen molar-refractivity contribution in [3.8, 4) is 0 Å². The minimum atomic E-state index is -3.07. The van der Waals surface area contributed by atoms with Crippen molar-refractivity contribution < 1.29 is 6.15 Å². The molecule has 0 saturated heterocycles. The normalized spacial score (nSPS) is 13.3. The van der Waals surface area contributed by atoms with Gasteiger partial charge in [-0.3, -0.25) is 0 Å². The second kappa shape index (κ2) is 39.9. The van der Waals surface area contributed by atoms with Gasteiger partial charge in [0.2, 0.25) is 0 Å². The van der Waals surface area contributed by atoms with Crippen LogP contribution in [0.15, 0.2) is 0 Å². The van der Waals surface area contributed by atoms with E-state index in [9.17, 15) is 0 Å². The van der Waals surface area contributed by atoms with Gasteiger partial charge in [0.1, 0.15) is 0 Å². The molecular weight excluding hydrogens is 703 g/mol. The fraction of sp³-hybridized carbons (Fsp3) is 1.00. The van der Waals surface area contributed by atoms with Gasteiger partial charge in [0.05, 0.1) is 0 Å². The van der Waals surface area contributed by atoms with Crippen LogP contribution in [0.2, 0.25) is 9.88 Å². The Labute approximate surface area is 317 Å². The molecule has 0 aliphatic carbocycles. The number of rotatable bonds is 42. The second-order valence-electron chi connectivity index (χ2n) is 16.6. The Morgan fingerprint density at radius 3 is 0.612 bits per heavy atom. The molecule has 0 aromatic heterocycles. The molecule has 2 unspecified atom stereocenters. The Bertz CT molecular complexity index is 558. The summed E-state index contributed by atoms with van der Waals surface area (Å²) in [5.41, 5.74) is 0. The second-order valence-corrected chi connectivity index (χ2v) is 26.0. The van der Waals surface area contributed by atoms with Gasteiger partial charge in [-0.05, 0) is 0 Å². The molecule has 0 N–H and O–H groups in total. The van der Waals surface area contributed by atoms with Gasteiger partial charge in [0.25, 0.3) is 0 Å². The van der Waals surface area contributed by atoms with E-state index < -0.39 is 19.2 Å². The molecule has 296 valence electrons. The van der Waals surface area contributed by atoms with Crippen LogP contribution in [-0.2, 0) is 6.15 Å². The zero-order chi connectivity index (χ0) is 35.9. The quantitative estimate of drug-likeness (QED) is 0.0452. The van der Waals surface area contributed by atoms with Crippen LogP contribution in [0, 0.1) is 0 Å². The maximum absolute atomic E-state index is 7.16. The van der Waals surface area contributed by atoms with E-state index in [1.54, 1.807) is 0 Å². The summed E-state index contributed by atoms with van der Waals surface area (Å²) in [5.74, 6) is 0. The molecule has 0 radical (unpaired) electrons. The smallest absolute Gasteiger partial charge is 0.0654 e. The van der Waals surface area contributed by atoms with Crippen LogP contribution in [0.3, 0.4) is 0 Å². The van der Waals surface area contributed by atoms with Crippen molar-refractivity contribution in [2.75, 3.05) is 0 Å². The van der Waals surface area contributed by atoms with Gasteiger partial charge in [0.15, 0.2) is 0 Å². The Balaban J connectivity index is 4.86. The molecule has 0 aliphatic rings. The molecule has 0 aliphatic heterocycles. The number of hydrogen-bond donors (Lipinski definition) is 0. The van der Waals surface area contributed by atoms with E-state index >= 15 is 0 Å². The van der Waals surface area contributed by atoms with Crippen LogP contribution in [0.4, 0.5) is 0 Å². The van der Waals surface area contributed by atoms with Crippen LogP contribution in [0.25, 0.3) is 0 Å². The van der Waals surface area contributed by atoms with Gasteiger partial charge in [-0.2, -0.15) is 0 Å². The van der Waals surface area contributed by atoms with Gasteiger partial charge in [-0.15, -0.1) is 0 Å². The average Bonchev–Trinajstić information content (AvgIpc) is 3.08. The van der Waals surface area contributed by atoms with Gasteiger partial charge < -0.3 is 0 Å². The van der Waals surface area contributed by atoms with Gasteiger partial charge in [0, 0.05) is 0 Å². The molecular formula is C46H96O2Sn. The van der Waals surface area contributed by atoms with Crippen molar-refractivity contribution in [2.24, 2.45) is 0 Å². The fourth-order valence-corrected chi connectivity index (χ4v) is 13.8. The predicted molar refractivity (Wildman–Crippen MR) is 225 cm³/mol. The van der Waals surface area contributed by atoms with Gasteiger partial charge in [-0.25, -0.2) is 0 Å². The van der Waals surface area contributed by atoms with Crippen molar-refractivity contribution in [2.45, 2.75) is 294 Å². The first-order valence-electron chi connectivity index (χ1n) is 23.3. The van der Waals surface area contributed by atoms with Crippen LogP contribution in [-0.4, -0.2) is 31.4 Å². The summed E-state index contributed by atoms with van der Waals surface area (Å²) in [6, 6.07) is 0. The summed E-state index contributed by atoms with van der Waals surface area (Å²) in [6.07, 6.45) is 53.7. The van der Waals surface area contributed by atoms with E-state index in [2.05, 4.69) is 37.6 Å². The van der Waals surface area contributed by atoms with E-state index in [0.717, 1.165) is 0 Å². The molecule has 2 nitrogen and oxygen atoms in total. The van der Waals surface area contributed by atoms with Crippen LogP contribution < -0.4 is 0 Å². The molecule has 0 aromatic carbocycles. The summed E-state index contributed by atoms with van der Waals surface area (Å²) in [5, 5.41) is 0. The zero-order valence-corrected chi connectivity index (χ0v) is 38.2. The summed E-state index contributed by atoms with van der Waals surface area (Å²) >= 11 is -3.07. The fourth-order valence-electron chi connectivity index (χ4n) is 7.73. The molecule has 3 heteroatoms. The first-order valence-corrected chi connectivity index (χ1v) is 31.4. The monoisotopic (exact) mass is 801 g/mol. The summed E-state index contributed by atoms with van der Waals surface area (Å²) in [7, 11) is 0. The molecule has 0 spiro atoms. The first-order chi connectivity index (χ1) is 24.0. The Kier molecular flexibility index (Phi) is 40.5. The molecule has 2 atom stereocenters. The summed E-state index contributed by atoms with van der Waals surface area (Å²) < 4.78 is 14.3. The van der Waals surface area contributed by atoms with Crippen molar-refractivity contribution in [3.63, 3.8) is 0 Å². The molecule has 0 saturated carbocycles.